The first-order valence-electron chi connectivity index (χ1n) is 10.5. The van der Waals surface area contributed by atoms with Crippen molar-refractivity contribution in [1.82, 2.24) is 4.90 Å². The van der Waals surface area contributed by atoms with E-state index in [1.54, 1.807) is 11.3 Å². The molecule has 1 fully saturated rings. The van der Waals surface area contributed by atoms with Crippen molar-refractivity contribution in [2.45, 2.75) is 38.5 Å². The molecule has 1 amide bonds. The highest BCUT2D eigenvalue weighted by atomic mass is 32.1. The SMILES string of the molecule is N#Cc1c(NC(=O)CCN2CCCC(COc3ccccc3)C2)sc2c1CCC2. The maximum atomic E-state index is 12.5. The lowest BCUT2D eigenvalue weighted by atomic mass is 9.99. The summed E-state index contributed by atoms with van der Waals surface area (Å²) in [5.41, 5.74) is 1.84. The van der Waals surface area contributed by atoms with E-state index in [9.17, 15) is 10.1 Å². The number of amides is 1. The number of nitrogens with zero attached hydrogens (tertiary/aromatic N) is 2. The third-order valence-corrected chi connectivity index (χ3v) is 6.98. The lowest BCUT2D eigenvalue weighted by Gasteiger charge is -2.32. The number of ether oxygens (including phenoxy) is 1. The number of aryl methyl sites for hydroxylation is 1. The average molecular weight is 410 g/mol. The normalized spacial score (nSPS) is 18.8. The number of anilines is 1. The standard InChI is InChI=1S/C23H27N3O2S/c24-14-20-19-9-4-10-21(19)29-23(20)25-22(27)11-13-26-12-5-6-17(15-26)16-28-18-7-2-1-3-8-18/h1-3,7-8,17H,4-6,9-13,15-16H2,(H,25,27). The number of fused-ring (bicyclic) bond motifs is 1. The fourth-order valence-corrected chi connectivity index (χ4v) is 5.54. The molecule has 6 heteroatoms. The summed E-state index contributed by atoms with van der Waals surface area (Å²) in [7, 11) is 0. The lowest BCUT2D eigenvalue weighted by Crippen LogP contribution is -2.39. The summed E-state index contributed by atoms with van der Waals surface area (Å²) in [5, 5.41) is 13.2. The molecule has 1 unspecified atom stereocenters. The largest absolute Gasteiger partial charge is 0.493 e. The van der Waals surface area contributed by atoms with Gasteiger partial charge in [0.05, 0.1) is 12.2 Å². The Morgan fingerprint density at radius 2 is 2.14 bits per heavy atom. The molecule has 2 heterocycles. The number of rotatable bonds is 7. The molecule has 2 aromatic rings. The zero-order chi connectivity index (χ0) is 20.1. The minimum atomic E-state index is 0.00378. The molecule has 4 rings (SSSR count). The molecule has 152 valence electrons. The van der Waals surface area contributed by atoms with Crippen LogP contribution in [0.15, 0.2) is 30.3 Å². The van der Waals surface area contributed by atoms with Crippen LogP contribution in [-0.2, 0) is 17.6 Å². The van der Waals surface area contributed by atoms with Crippen molar-refractivity contribution in [3.63, 3.8) is 0 Å². The lowest BCUT2D eigenvalue weighted by molar-refractivity contribution is -0.116. The topological polar surface area (TPSA) is 65.4 Å². The van der Waals surface area contributed by atoms with Crippen LogP contribution in [0.25, 0.3) is 0 Å². The molecule has 29 heavy (non-hydrogen) atoms. The van der Waals surface area contributed by atoms with Crippen molar-refractivity contribution in [1.29, 1.82) is 5.26 Å². The van der Waals surface area contributed by atoms with Crippen molar-refractivity contribution in [2.24, 2.45) is 5.92 Å². The number of hydrogen-bond donors (Lipinski definition) is 1. The molecular weight excluding hydrogens is 382 g/mol. The molecular formula is C23H27N3O2S. The van der Waals surface area contributed by atoms with E-state index in [0.29, 0.717) is 17.9 Å². The van der Waals surface area contributed by atoms with Gasteiger partial charge in [-0.25, -0.2) is 0 Å². The highest BCUT2D eigenvalue weighted by molar-refractivity contribution is 7.16. The number of para-hydroxylation sites is 1. The third kappa shape index (κ3) is 4.98. The summed E-state index contributed by atoms with van der Waals surface area (Å²) in [4.78, 5) is 16.1. The minimum absolute atomic E-state index is 0.00378. The van der Waals surface area contributed by atoms with Crippen LogP contribution in [0.1, 0.15) is 41.7 Å². The van der Waals surface area contributed by atoms with Crippen LogP contribution in [0.4, 0.5) is 5.00 Å². The predicted octanol–water partition coefficient (Wildman–Crippen LogP) is 4.23. The molecule has 1 saturated heterocycles. The van der Waals surface area contributed by atoms with E-state index >= 15 is 0 Å². The second kappa shape index (κ2) is 9.43. The maximum absolute atomic E-state index is 12.5. The molecule has 0 radical (unpaired) electrons. The molecule has 0 bridgehead atoms. The average Bonchev–Trinajstić information content (AvgIpc) is 3.32. The van der Waals surface area contributed by atoms with Crippen LogP contribution in [0, 0.1) is 17.2 Å². The quantitative estimate of drug-likeness (QED) is 0.743. The van der Waals surface area contributed by atoms with Gasteiger partial charge in [-0.05, 0) is 56.3 Å². The Bertz CT molecular complexity index is 888. The van der Waals surface area contributed by atoms with E-state index in [0.717, 1.165) is 68.2 Å². The van der Waals surface area contributed by atoms with Crippen molar-refractivity contribution >= 4 is 22.2 Å². The third-order valence-electron chi connectivity index (χ3n) is 5.77. The number of carbonyl (C=O) groups excluding carboxylic acids is 1. The summed E-state index contributed by atoms with van der Waals surface area (Å²) < 4.78 is 5.92. The fraction of sp³-hybridized carbons (Fsp3) is 0.478. The van der Waals surface area contributed by atoms with Gasteiger partial charge in [0.25, 0.3) is 0 Å². The van der Waals surface area contributed by atoms with Gasteiger partial charge in [0.1, 0.15) is 16.8 Å². The zero-order valence-electron chi connectivity index (χ0n) is 16.7. The van der Waals surface area contributed by atoms with Crippen LogP contribution >= 0.6 is 11.3 Å². The Hall–Kier alpha value is -2.36. The summed E-state index contributed by atoms with van der Waals surface area (Å²) >= 11 is 1.58. The molecule has 2 aliphatic rings. The van der Waals surface area contributed by atoms with E-state index in [-0.39, 0.29) is 5.91 Å². The van der Waals surface area contributed by atoms with Gasteiger partial charge >= 0.3 is 0 Å². The Balaban J connectivity index is 1.23. The van der Waals surface area contributed by atoms with E-state index < -0.39 is 0 Å². The van der Waals surface area contributed by atoms with Crippen molar-refractivity contribution in [3.05, 3.63) is 46.3 Å². The molecule has 5 nitrogen and oxygen atoms in total. The second-order valence-electron chi connectivity index (χ2n) is 7.90. The van der Waals surface area contributed by atoms with Gasteiger partial charge in [-0.3, -0.25) is 4.79 Å². The first kappa shape index (κ1) is 19.9. The Labute approximate surface area is 176 Å². The molecule has 0 saturated carbocycles. The number of carbonyl (C=O) groups is 1. The summed E-state index contributed by atoms with van der Waals surface area (Å²) in [6.45, 7) is 3.47. The number of thiophene rings is 1. The number of piperidine rings is 1. The van der Waals surface area contributed by atoms with Gasteiger partial charge in [0.15, 0.2) is 0 Å². The van der Waals surface area contributed by atoms with Gasteiger partial charge < -0.3 is 15.0 Å². The van der Waals surface area contributed by atoms with Crippen molar-refractivity contribution < 1.29 is 9.53 Å². The Morgan fingerprint density at radius 3 is 2.97 bits per heavy atom. The highest BCUT2D eigenvalue weighted by Crippen LogP contribution is 2.38. The molecule has 1 aliphatic carbocycles. The molecule has 1 N–H and O–H groups in total. The van der Waals surface area contributed by atoms with Crippen LogP contribution in [0.3, 0.4) is 0 Å². The number of benzene rings is 1. The molecule has 0 spiro atoms. The Morgan fingerprint density at radius 1 is 1.28 bits per heavy atom. The van der Waals surface area contributed by atoms with Crippen molar-refractivity contribution in [2.75, 3.05) is 31.6 Å². The van der Waals surface area contributed by atoms with E-state index in [2.05, 4.69) is 16.3 Å². The smallest absolute Gasteiger partial charge is 0.226 e. The summed E-state index contributed by atoms with van der Waals surface area (Å²) in [6.07, 6.45) is 5.88. The van der Waals surface area contributed by atoms with Gasteiger partial charge in [0.2, 0.25) is 5.91 Å². The molecule has 1 atom stereocenters. The second-order valence-corrected chi connectivity index (χ2v) is 9.01. The van der Waals surface area contributed by atoms with Gasteiger partial charge in [-0.15, -0.1) is 11.3 Å². The number of nitrogens with one attached hydrogen (secondary N) is 1. The molecule has 1 aromatic carbocycles. The van der Waals surface area contributed by atoms with E-state index in [1.165, 1.54) is 11.3 Å². The van der Waals surface area contributed by atoms with Gasteiger partial charge in [-0.1, -0.05) is 18.2 Å². The maximum Gasteiger partial charge on any atom is 0.226 e. The highest BCUT2D eigenvalue weighted by Gasteiger charge is 2.24. The molecule has 1 aliphatic heterocycles. The van der Waals surface area contributed by atoms with Gasteiger partial charge in [0, 0.05) is 30.3 Å². The first-order chi connectivity index (χ1) is 14.2. The van der Waals surface area contributed by atoms with Crippen LogP contribution in [0.5, 0.6) is 5.75 Å². The molecule has 1 aromatic heterocycles. The van der Waals surface area contributed by atoms with Gasteiger partial charge in [-0.2, -0.15) is 5.26 Å². The van der Waals surface area contributed by atoms with Crippen LogP contribution in [0.2, 0.25) is 0 Å². The number of nitriles is 1. The monoisotopic (exact) mass is 409 g/mol. The van der Waals surface area contributed by atoms with E-state index in [1.807, 2.05) is 30.3 Å². The summed E-state index contributed by atoms with van der Waals surface area (Å²) in [5.74, 6) is 1.42. The van der Waals surface area contributed by atoms with Crippen LogP contribution in [-0.4, -0.2) is 37.0 Å². The summed E-state index contributed by atoms with van der Waals surface area (Å²) in [6, 6.07) is 12.2. The van der Waals surface area contributed by atoms with Crippen LogP contribution < -0.4 is 10.1 Å². The number of likely N-dealkylation sites (tertiary alicyclic amines) is 1. The zero-order valence-corrected chi connectivity index (χ0v) is 17.5. The predicted molar refractivity (Wildman–Crippen MR) is 115 cm³/mol. The minimum Gasteiger partial charge on any atom is -0.493 e. The fourth-order valence-electron chi connectivity index (χ4n) is 4.28. The number of hydrogen-bond acceptors (Lipinski definition) is 5. The first-order valence-corrected chi connectivity index (χ1v) is 11.3. The van der Waals surface area contributed by atoms with Crippen molar-refractivity contribution in [3.8, 4) is 11.8 Å². The Kier molecular flexibility index (Phi) is 6.48. The van der Waals surface area contributed by atoms with E-state index in [4.69, 9.17) is 4.74 Å².